The number of nitrogens with one attached hydrogen (secondary N) is 1. The van der Waals surface area contributed by atoms with Gasteiger partial charge in [0.1, 0.15) is 17.5 Å². The van der Waals surface area contributed by atoms with Crippen molar-refractivity contribution in [3.63, 3.8) is 0 Å². The second kappa shape index (κ2) is 13.6. The quantitative estimate of drug-likeness (QED) is 0.304. The maximum atomic E-state index is 13.4. The Bertz CT molecular complexity index is 1550. The number of hydrogen-bond acceptors (Lipinski definition) is 6. The molecule has 0 saturated carbocycles. The van der Waals surface area contributed by atoms with Gasteiger partial charge in [-0.1, -0.05) is 18.2 Å². The molecule has 2 heterocycles. The number of nitrogens with zero attached hydrogens (tertiary/aromatic N) is 2. The summed E-state index contributed by atoms with van der Waals surface area (Å²) < 4.78 is 12.0. The third kappa shape index (κ3) is 7.95. The van der Waals surface area contributed by atoms with Crippen molar-refractivity contribution in [1.29, 1.82) is 0 Å². The molecule has 0 spiro atoms. The molecule has 0 radical (unpaired) electrons. The fourth-order valence-corrected chi connectivity index (χ4v) is 5.94. The summed E-state index contributed by atoms with van der Waals surface area (Å²) in [4.78, 5) is 42.6. The number of ether oxygens (including phenoxy) is 2. The van der Waals surface area contributed by atoms with Crippen LogP contribution in [0.2, 0.25) is 0 Å². The summed E-state index contributed by atoms with van der Waals surface area (Å²) in [5.74, 6) is -0.249. The van der Waals surface area contributed by atoms with Crippen LogP contribution < -0.4 is 20.7 Å². The first-order chi connectivity index (χ1) is 21.5. The normalized spacial score (nSPS) is 15.8. The summed E-state index contributed by atoms with van der Waals surface area (Å²) in [7, 11) is 0. The number of piperidine rings is 2. The molecule has 5 rings (SSSR count). The average Bonchev–Trinajstić information content (AvgIpc) is 3.02. The zero-order valence-electron chi connectivity index (χ0n) is 26.7. The Labute approximate surface area is 265 Å². The van der Waals surface area contributed by atoms with E-state index in [0.717, 1.165) is 42.7 Å². The summed E-state index contributed by atoms with van der Waals surface area (Å²) in [6.07, 6.45) is 4.30. The van der Waals surface area contributed by atoms with Crippen molar-refractivity contribution < 1.29 is 23.9 Å². The predicted octanol–water partition coefficient (Wildman–Crippen LogP) is 6.78. The van der Waals surface area contributed by atoms with E-state index in [-0.39, 0.29) is 18.1 Å². The lowest BCUT2D eigenvalue weighted by molar-refractivity contribution is 0.0126. The molecule has 238 valence electrons. The molecule has 9 heteroatoms. The van der Waals surface area contributed by atoms with Crippen LogP contribution in [0, 0.1) is 6.92 Å². The van der Waals surface area contributed by atoms with Crippen molar-refractivity contribution in [2.45, 2.75) is 71.5 Å². The van der Waals surface area contributed by atoms with Crippen LogP contribution in [0.1, 0.15) is 79.2 Å². The first-order valence-corrected chi connectivity index (χ1v) is 15.8. The molecule has 2 saturated heterocycles. The van der Waals surface area contributed by atoms with E-state index in [0.29, 0.717) is 54.1 Å². The lowest BCUT2D eigenvalue weighted by atomic mass is 9.93. The van der Waals surface area contributed by atoms with Gasteiger partial charge in [0, 0.05) is 61.5 Å². The lowest BCUT2D eigenvalue weighted by Gasteiger charge is -2.34. The Hall–Kier alpha value is -4.53. The summed E-state index contributed by atoms with van der Waals surface area (Å²) in [6.45, 7) is 10.5. The van der Waals surface area contributed by atoms with Crippen LogP contribution in [0.3, 0.4) is 0 Å². The van der Waals surface area contributed by atoms with Gasteiger partial charge in [-0.25, -0.2) is 4.79 Å². The Morgan fingerprint density at radius 3 is 2.29 bits per heavy atom. The van der Waals surface area contributed by atoms with Gasteiger partial charge < -0.3 is 30.3 Å². The summed E-state index contributed by atoms with van der Waals surface area (Å²) in [5, 5.41) is 3.04. The standard InChI is InChI=1S/C36H44N4O5/c1-24-14-15-26(38-34(42)25-10-8-11-27(22-25)39-18-6-5-7-19-39)23-30(24)32-29(33(37)41)12-9-13-31(32)44-28-16-20-40(21-17-28)35(43)45-36(2,3)4/h8-15,22-23,28H,5-7,16-21H2,1-4H3,(H2,37,41)(H,38,42). The number of carbonyl (C=O) groups is 3. The zero-order chi connectivity index (χ0) is 32.1. The van der Waals surface area contributed by atoms with Crippen molar-refractivity contribution >= 4 is 29.3 Å². The zero-order valence-corrected chi connectivity index (χ0v) is 26.7. The van der Waals surface area contributed by atoms with Crippen LogP contribution in [0.15, 0.2) is 60.7 Å². The lowest BCUT2D eigenvalue weighted by Crippen LogP contribution is -2.44. The molecule has 45 heavy (non-hydrogen) atoms. The number of likely N-dealkylation sites (tertiary alicyclic amines) is 1. The number of anilines is 2. The highest BCUT2D eigenvalue weighted by atomic mass is 16.6. The maximum Gasteiger partial charge on any atom is 0.410 e. The number of aryl methyl sites for hydroxylation is 1. The summed E-state index contributed by atoms with van der Waals surface area (Å²) >= 11 is 0. The van der Waals surface area contributed by atoms with Gasteiger partial charge in [0.05, 0.1) is 5.56 Å². The van der Waals surface area contributed by atoms with Crippen molar-refractivity contribution in [1.82, 2.24) is 4.90 Å². The molecule has 0 bridgehead atoms. The number of nitrogens with two attached hydrogens (primary N) is 1. The number of benzene rings is 3. The topological polar surface area (TPSA) is 114 Å². The van der Waals surface area contributed by atoms with Gasteiger partial charge in [0.2, 0.25) is 5.91 Å². The van der Waals surface area contributed by atoms with Gasteiger partial charge in [-0.2, -0.15) is 0 Å². The fourth-order valence-electron chi connectivity index (χ4n) is 5.94. The molecule has 2 aliphatic rings. The summed E-state index contributed by atoms with van der Waals surface area (Å²) in [5.41, 5.74) is 10.1. The SMILES string of the molecule is Cc1ccc(NC(=O)c2cccc(N3CCCCC3)c2)cc1-c1c(OC2CCN(C(=O)OC(C)(C)C)CC2)cccc1C(N)=O. The maximum absolute atomic E-state index is 13.4. The van der Waals surface area contributed by atoms with Crippen LogP contribution in [0.5, 0.6) is 5.75 Å². The third-order valence-corrected chi connectivity index (χ3v) is 8.27. The number of rotatable bonds is 7. The van der Waals surface area contributed by atoms with Gasteiger partial charge in [-0.05, 0) is 101 Å². The van der Waals surface area contributed by atoms with Crippen molar-refractivity contribution in [3.05, 3.63) is 77.4 Å². The molecule has 0 aliphatic carbocycles. The molecule has 3 amide bonds. The van der Waals surface area contributed by atoms with Crippen molar-refractivity contribution in [2.24, 2.45) is 5.73 Å². The average molecular weight is 613 g/mol. The van der Waals surface area contributed by atoms with Gasteiger partial charge in [0.25, 0.3) is 5.91 Å². The van der Waals surface area contributed by atoms with Crippen LogP contribution >= 0.6 is 0 Å². The minimum Gasteiger partial charge on any atom is -0.490 e. The first-order valence-electron chi connectivity index (χ1n) is 15.8. The predicted molar refractivity (Wildman–Crippen MR) is 177 cm³/mol. The van der Waals surface area contributed by atoms with Crippen LogP contribution in [-0.4, -0.2) is 60.7 Å². The number of hydrogen-bond donors (Lipinski definition) is 2. The van der Waals surface area contributed by atoms with E-state index in [9.17, 15) is 14.4 Å². The van der Waals surface area contributed by atoms with Gasteiger partial charge in [0.15, 0.2) is 0 Å². The van der Waals surface area contributed by atoms with E-state index in [1.54, 1.807) is 17.0 Å². The molecule has 2 aliphatic heterocycles. The minimum absolute atomic E-state index is 0.166. The van der Waals surface area contributed by atoms with E-state index in [1.807, 2.05) is 70.2 Å². The highest BCUT2D eigenvalue weighted by Crippen LogP contribution is 2.38. The molecule has 0 aromatic heterocycles. The molecule has 0 atom stereocenters. The first kappa shape index (κ1) is 31.9. The minimum atomic E-state index is -0.571. The third-order valence-electron chi connectivity index (χ3n) is 8.27. The Morgan fingerprint density at radius 1 is 0.889 bits per heavy atom. The number of carbonyl (C=O) groups excluding carboxylic acids is 3. The van der Waals surface area contributed by atoms with Gasteiger partial charge >= 0.3 is 6.09 Å². The molecule has 3 N–H and O–H groups in total. The van der Waals surface area contributed by atoms with Crippen LogP contribution in [0.4, 0.5) is 16.2 Å². The fraction of sp³-hybridized carbons (Fsp3) is 0.417. The van der Waals surface area contributed by atoms with Crippen LogP contribution in [0.25, 0.3) is 11.1 Å². The molecule has 9 nitrogen and oxygen atoms in total. The Kier molecular flexibility index (Phi) is 9.65. The van der Waals surface area contributed by atoms with E-state index >= 15 is 0 Å². The second-order valence-corrected chi connectivity index (χ2v) is 12.9. The largest absolute Gasteiger partial charge is 0.490 e. The highest BCUT2D eigenvalue weighted by molar-refractivity contribution is 6.06. The van der Waals surface area contributed by atoms with E-state index < -0.39 is 11.5 Å². The molecular weight excluding hydrogens is 568 g/mol. The van der Waals surface area contributed by atoms with E-state index in [2.05, 4.69) is 16.3 Å². The smallest absolute Gasteiger partial charge is 0.410 e. The van der Waals surface area contributed by atoms with E-state index in [1.165, 1.54) is 6.42 Å². The Morgan fingerprint density at radius 2 is 1.60 bits per heavy atom. The van der Waals surface area contributed by atoms with Crippen molar-refractivity contribution in [2.75, 3.05) is 36.4 Å². The molecule has 3 aromatic rings. The van der Waals surface area contributed by atoms with Crippen LogP contribution in [-0.2, 0) is 4.74 Å². The highest BCUT2D eigenvalue weighted by Gasteiger charge is 2.29. The molecule has 2 fully saturated rings. The molecule has 3 aromatic carbocycles. The molecular formula is C36H44N4O5. The Balaban J connectivity index is 1.36. The monoisotopic (exact) mass is 612 g/mol. The van der Waals surface area contributed by atoms with Gasteiger partial charge in [-0.3, -0.25) is 9.59 Å². The number of amides is 3. The second-order valence-electron chi connectivity index (χ2n) is 12.9. The molecule has 0 unspecified atom stereocenters. The van der Waals surface area contributed by atoms with E-state index in [4.69, 9.17) is 15.2 Å². The number of primary amides is 1. The van der Waals surface area contributed by atoms with Gasteiger partial charge in [-0.15, -0.1) is 0 Å². The van der Waals surface area contributed by atoms with Crippen molar-refractivity contribution in [3.8, 4) is 16.9 Å². The summed E-state index contributed by atoms with van der Waals surface area (Å²) in [6, 6.07) is 18.6.